The molecular weight excluding hydrogens is 428 g/mol. The fourth-order valence-electron chi connectivity index (χ4n) is 3.21. The Kier molecular flexibility index (Phi) is 7.05. The number of hydrogen-bond donors (Lipinski definition) is 2. The predicted molar refractivity (Wildman–Crippen MR) is 124 cm³/mol. The van der Waals surface area contributed by atoms with E-state index in [0.29, 0.717) is 28.3 Å². The summed E-state index contributed by atoms with van der Waals surface area (Å²) in [5.74, 6) is 0.920. The first-order valence-electron chi connectivity index (χ1n) is 9.96. The second-order valence-electron chi connectivity index (χ2n) is 7.26. The van der Waals surface area contributed by atoms with Crippen molar-refractivity contribution in [2.24, 2.45) is 0 Å². The number of hydrogen-bond acceptors (Lipinski definition) is 5. The number of aryl methyl sites for hydroxylation is 1. The Labute approximate surface area is 188 Å². The van der Waals surface area contributed by atoms with E-state index >= 15 is 0 Å². The number of amides is 1. The largest absolute Gasteiger partial charge is 0.493 e. The molecule has 0 saturated heterocycles. The lowest BCUT2D eigenvalue weighted by Crippen LogP contribution is -2.26. The third kappa shape index (κ3) is 5.20. The molecule has 0 aliphatic heterocycles. The number of carbonyl (C=O) groups is 1. The van der Waals surface area contributed by atoms with Gasteiger partial charge in [-0.25, -0.2) is 8.42 Å². The standard InChI is InChI=1S/C24H26N2O5S/c1-16-14-19(10-12-21(16)26-32(28,29)20-8-6-5-7-9-20)24(27)25-17(2)18-11-13-22(30-3)23(15-18)31-4/h5-15,17,26H,1-4H3,(H,25,27). The molecule has 3 aromatic carbocycles. The zero-order chi connectivity index (χ0) is 23.3. The second kappa shape index (κ2) is 9.74. The molecule has 0 aliphatic carbocycles. The summed E-state index contributed by atoms with van der Waals surface area (Å²) in [5.41, 5.74) is 2.34. The van der Waals surface area contributed by atoms with E-state index in [0.717, 1.165) is 5.56 Å². The van der Waals surface area contributed by atoms with Gasteiger partial charge in [-0.2, -0.15) is 0 Å². The smallest absolute Gasteiger partial charge is 0.261 e. The van der Waals surface area contributed by atoms with E-state index in [9.17, 15) is 13.2 Å². The first-order chi connectivity index (χ1) is 15.2. The molecule has 3 aromatic rings. The van der Waals surface area contributed by atoms with Crippen LogP contribution >= 0.6 is 0 Å². The summed E-state index contributed by atoms with van der Waals surface area (Å²) in [4.78, 5) is 12.9. The van der Waals surface area contributed by atoms with Crippen LogP contribution in [0.15, 0.2) is 71.6 Å². The van der Waals surface area contributed by atoms with Crippen molar-refractivity contribution in [2.75, 3.05) is 18.9 Å². The Morgan fingerprint density at radius 3 is 2.22 bits per heavy atom. The molecule has 0 fully saturated rings. The van der Waals surface area contributed by atoms with Crippen LogP contribution in [0.2, 0.25) is 0 Å². The van der Waals surface area contributed by atoms with Gasteiger partial charge in [-0.15, -0.1) is 0 Å². The molecule has 1 amide bonds. The lowest BCUT2D eigenvalue weighted by atomic mass is 10.1. The summed E-state index contributed by atoms with van der Waals surface area (Å²) in [6.45, 7) is 3.62. The molecule has 168 valence electrons. The van der Waals surface area contributed by atoms with Gasteiger partial charge in [0, 0.05) is 5.56 Å². The number of sulfonamides is 1. The Bertz CT molecular complexity index is 1210. The van der Waals surface area contributed by atoms with Crippen molar-refractivity contribution in [2.45, 2.75) is 24.8 Å². The summed E-state index contributed by atoms with van der Waals surface area (Å²) >= 11 is 0. The normalized spacial score (nSPS) is 12.0. The number of anilines is 1. The quantitative estimate of drug-likeness (QED) is 0.529. The second-order valence-corrected chi connectivity index (χ2v) is 8.94. The van der Waals surface area contributed by atoms with Crippen LogP contribution in [0.1, 0.15) is 34.5 Å². The van der Waals surface area contributed by atoms with E-state index in [4.69, 9.17) is 9.47 Å². The Balaban J connectivity index is 1.74. The van der Waals surface area contributed by atoms with E-state index in [1.165, 1.54) is 12.1 Å². The Morgan fingerprint density at radius 2 is 1.59 bits per heavy atom. The molecule has 0 aliphatic rings. The Hall–Kier alpha value is -3.52. The summed E-state index contributed by atoms with van der Waals surface area (Å²) in [6.07, 6.45) is 0. The first-order valence-corrected chi connectivity index (χ1v) is 11.4. The number of carbonyl (C=O) groups excluding carboxylic acids is 1. The molecule has 0 radical (unpaired) electrons. The molecule has 1 unspecified atom stereocenters. The van der Waals surface area contributed by atoms with Gasteiger partial charge in [-0.1, -0.05) is 24.3 Å². The van der Waals surface area contributed by atoms with E-state index in [-0.39, 0.29) is 16.8 Å². The minimum atomic E-state index is -3.71. The highest BCUT2D eigenvalue weighted by Crippen LogP contribution is 2.30. The van der Waals surface area contributed by atoms with Gasteiger partial charge < -0.3 is 14.8 Å². The lowest BCUT2D eigenvalue weighted by molar-refractivity contribution is 0.0939. The van der Waals surface area contributed by atoms with Crippen LogP contribution < -0.4 is 19.5 Å². The number of methoxy groups -OCH3 is 2. The minimum Gasteiger partial charge on any atom is -0.493 e. The summed E-state index contributed by atoms with van der Waals surface area (Å²) in [6, 6.07) is 18.1. The van der Waals surface area contributed by atoms with Gasteiger partial charge in [-0.3, -0.25) is 9.52 Å². The zero-order valence-corrected chi connectivity index (χ0v) is 19.2. The lowest BCUT2D eigenvalue weighted by Gasteiger charge is -2.17. The fraction of sp³-hybridized carbons (Fsp3) is 0.208. The molecule has 3 rings (SSSR count). The van der Waals surface area contributed by atoms with E-state index in [2.05, 4.69) is 10.0 Å². The highest BCUT2D eigenvalue weighted by Gasteiger charge is 2.17. The van der Waals surface area contributed by atoms with Gasteiger partial charge in [0.2, 0.25) is 0 Å². The first kappa shape index (κ1) is 23.1. The van der Waals surface area contributed by atoms with Gasteiger partial charge in [-0.05, 0) is 67.4 Å². The zero-order valence-electron chi connectivity index (χ0n) is 18.4. The molecule has 7 nitrogen and oxygen atoms in total. The third-order valence-corrected chi connectivity index (χ3v) is 6.42. The van der Waals surface area contributed by atoms with E-state index in [1.807, 2.05) is 19.1 Å². The van der Waals surface area contributed by atoms with Gasteiger partial charge in [0.1, 0.15) is 0 Å². The van der Waals surface area contributed by atoms with Crippen molar-refractivity contribution in [3.05, 3.63) is 83.4 Å². The van der Waals surface area contributed by atoms with Gasteiger partial charge in [0.15, 0.2) is 11.5 Å². The van der Waals surface area contributed by atoms with E-state index < -0.39 is 10.0 Å². The van der Waals surface area contributed by atoms with Crippen LogP contribution in [-0.2, 0) is 10.0 Å². The molecule has 8 heteroatoms. The van der Waals surface area contributed by atoms with Crippen LogP contribution in [0, 0.1) is 6.92 Å². The van der Waals surface area contributed by atoms with Crippen molar-refractivity contribution in [3.8, 4) is 11.5 Å². The maximum absolute atomic E-state index is 12.8. The monoisotopic (exact) mass is 454 g/mol. The van der Waals surface area contributed by atoms with Crippen LogP contribution in [0.5, 0.6) is 11.5 Å². The van der Waals surface area contributed by atoms with Gasteiger partial charge in [0.25, 0.3) is 15.9 Å². The van der Waals surface area contributed by atoms with E-state index in [1.54, 1.807) is 63.6 Å². The van der Waals surface area contributed by atoms with Crippen molar-refractivity contribution < 1.29 is 22.7 Å². The molecule has 0 aromatic heterocycles. The predicted octanol–water partition coefficient (Wildman–Crippen LogP) is 4.30. The number of ether oxygens (including phenoxy) is 2. The number of nitrogens with one attached hydrogen (secondary N) is 2. The van der Waals surface area contributed by atoms with Crippen molar-refractivity contribution in [1.29, 1.82) is 0 Å². The molecular formula is C24H26N2O5S. The summed E-state index contributed by atoms with van der Waals surface area (Å²) < 4.78 is 38.3. The summed E-state index contributed by atoms with van der Waals surface area (Å²) in [5, 5.41) is 2.95. The molecule has 32 heavy (non-hydrogen) atoms. The van der Waals surface area contributed by atoms with Crippen LogP contribution in [-0.4, -0.2) is 28.5 Å². The topological polar surface area (TPSA) is 93.7 Å². The SMILES string of the molecule is COc1ccc(C(C)NC(=O)c2ccc(NS(=O)(=O)c3ccccc3)c(C)c2)cc1OC. The minimum absolute atomic E-state index is 0.171. The van der Waals surface area contributed by atoms with Crippen LogP contribution in [0.3, 0.4) is 0 Å². The molecule has 0 bridgehead atoms. The van der Waals surface area contributed by atoms with Crippen LogP contribution in [0.25, 0.3) is 0 Å². The highest BCUT2D eigenvalue weighted by molar-refractivity contribution is 7.92. The van der Waals surface area contributed by atoms with Crippen LogP contribution in [0.4, 0.5) is 5.69 Å². The molecule has 0 saturated carbocycles. The summed E-state index contributed by atoms with van der Waals surface area (Å²) in [7, 11) is -0.588. The molecule has 2 N–H and O–H groups in total. The highest BCUT2D eigenvalue weighted by atomic mass is 32.2. The Morgan fingerprint density at radius 1 is 0.906 bits per heavy atom. The third-order valence-electron chi connectivity index (χ3n) is 5.04. The number of benzene rings is 3. The maximum atomic E-state index is 12.8. The molecule has 0 spiro atoms. The fourth-order valence-corrected chi connectivity index (χ4v) is 4.36. The maximum Gasteiger partial charge on any atom is 0.261 e. The van der Waals surface area contributed by atoms with Crippen molar-refractivity contribution in [1.82, 2.24) is 5.32 Å². The van der Waals surface area contributed by atoms with Gasteiger partial charge in [0.05, 0.1) is 30.8 Å². The van der Waals surface area contributed by atoms with Crippen molar-refractivity contribution >= 4 is 21.6 Å². The average Bonchev–Trinajstić information content (AvgIpc) is 2.80. The number of rotatable bonds is 8. The average molecular weight is 455 g/mol. The molecule has 1 atom stereocenters. The van der Waals surface area contributed by atoms with Crippen molar-refractivity contribution in [3.63, 3.8) is 0 Å². The molecule has 0 heterocycles. The van der Waals surface area contributed by atoms with Gasteiger partial charge >= 0.3 is 0 Å².